The Hall–Kier alpha value is -0.845. The van der Waals surface area contributed by atoms with E-state index in [4.69, 9.17) is 9.76 Å². The third-order valence-electron chi connectivity index (χ3n) is 4.36. The molecular weight excluding hydrogens is 269 g/mol. The predicted octanol–water partition coefficient (Wildman–Crippen LogP) is 1.19. The zero-order chi connectivity index (χ0) is 15.1. The van der Waals surface area contributed by atoms with Crippen LogP contribution in [0.25, 0.3) is 0 Å². The maximum absolute atomic E-state index is 12.1. The first-order valence-electron chi connectivity index (χ1n) is 8.09. The van der Waals surface area contributed by atoms with Crippen molar-refractivity contribution in [3.63, 3.8) is 0 Å². The molecule has 3 N–H and O–H groups in total. The van der Waals surface area contributed by atoms with Crippen LogP contribution in [0.2, 0.25) is 0 Å². The topological polar surface area (TPSA) is 78.8 Å². The van der Waals surface area contributed by atoms with Gasteiger partial charge in [0.05, 0.1) is 12.0 Å². The van der Waals surface area contributed by atoms with Crippen molar-refractivity contribution in [2.75, 3.05) is 6.61 Å². The Morgan fingerprint density at radius 1 is 1.33 bits per heavy atom. The SMILES string of the molecule is O=C(CC1CCCCC1)NC1CC=CC(CCO)OB1O. The monoisotopic (exact) mass is 295 g/mol. The Morgan fingerprint density at radius 2 is 2.10 bits per heavy atom. The highest BCUT2D eigenvalue weighted by atomic mass is 16.5. The molecule has 0 aromatic heterocycles. The number of rotatable bonds is 5. The molecule has 21 heavy (non-hydrogen) atoms. The predicted molar refractivity (Wildman–Crippen MR) is 81.4 cm³/mol. The summed E-state index contributed by atoms with van der Waals surface area (Å²) in [5.74, 6) is 0.0878. The Bertz CT molecular complexity index is 358. The van der Waals surface area contributed by atoms with Crippen molar-refractivity contribution in [1.82, 2.24) is 5.32 Å². The summed E-state index contributed by atoms with van der Waals surface area (Å²) in [5.41, 5.74) is 0. The van der Waals surface area contributed by atoms with Gasteiger partial charge in [-0.2, -0.15) is 0 Å². The van der Waals surface area contributed by atoms with Gasteiger partial charge in [-0.3, -0.25) is 4.79 Å². The second kappa shape index (κ2) is 8.56. The number of aliphatic hydroxyl groups is 1. The van der Waals surface area contributed by atoms with Gasteiger partial charge in [-0.25, -0.2) is 0 Å². The van der Waals surface area contributed by atoms with Crippen LogP contribution in [-0.4, -0.2) is 41.8 Å². The lowest BCUT2D eigenvalue weighted by Gasteiger charge is -2.24. The summed E-state index contributed by atoms with van der Waals surface area (Å²) in [6.45, 7) is 0.0143. The molecular formula is C15H26BNO4. The zero-order valence-corrected chi connectivity index (χ0v) is 12.5. The molecule has 1 fully saturated rings. The quantitative estimate of drug-likeness (QED) is 0.526. The first-order chi connectivity index (χ1) is 10.2. The summed E-state index contributed by atoms with van der Waals surface area (Å²) in [6, 6.07) is 0. The van der Waals surface area contributed by atoms with Crippen LogP contribution >= 0.6 is 0 Å². The van der Waals surface area contributed by atoms with E-state index in [1.54, 1.807) is 0 Å². The molecule has 1 aliphatic heterocycles. The van der Waals surface area contributed by atoms with E-state index >= 15 is 0 Å². The summed E-state index contributed by atoms with van der Waals surface area (Å²) in [5, 5.41) is 21.9. The average Bonchev–Trinajstić information content (AvgIpc) is 2.63. The van der Waals surface area contributed by atoms with Gasteiger partial charge in [-0.05, 0) is 31.6 Å². The van der Waals surface area contributed by atoms with Crippen LogP contribution in [-0.2, 0) is 9.45 Å². The van der Waals surface area contributed by atoms with Crippen molar-refractivity contribution in [3.8, 4) is 0 Å². The molecule has 6 heteroatoms. The number of hydrogen-bond donors (Lipinski definition) is 3. The first-order valence-corrected chi connectivity index (χ1v) is 8.09. The maximum atomic E-state index is 12.1. The smallest absolute Gasteiger partial charge is 0.426 e. The van der Waals surface area contributed by atoms with Gasteiger partial charge in [-0.1, -0.05) is 31.4 Å². The van der Waals surface area contributed by atoms with E-state index in [1.165, 1.54) is 19.3 Å². The molecule has 0 aromatic carbocycles. The fraction of sp³-hybridized carbons (Fsp3) is 0.800. The van der Waals surface area contributed by atoms with E-state index < -0.39 is 13.1 Å². The molecule has 118 valence electrons. The van der Waals surface area contributed by atoms with E-state index in [9.17, 15) is 9.82 Å². The third-order valence-corrected chi connectivity index (χ3v) is 4.36. The van der Waals surface area contributed by atoms with Crippen molar-refractivity contribution < 1.29 is 19.6 Å². The summed E-state index contributed by atoms with van der Waals surface area (Å²) in [4.78, 5) is 12.1. The number of carbonyl (C=O) groups is 1. The van der Waals surface area contributed by atoms with E-state index in [-0.39, 0.29) is 18.6 Å². The highest BCUT2D eigenvalue weighted by Gasteiger charge is 2.32. The van der Waals surface area contributed by atoms with Crippen molar-refractivity contribution >= 4 is 13.0 Å². The second-order valence-corrected chi connectivity index (χ2v) is 6.12. The van der Waals surface area contributed by atoms with Crippen LogP contribution in [0.4, 0.5) is 0 Å². The molecule has 2 atom stereocenters. The summed E-state index contributed by atoms with van der Waals surface area (Å²) in [6.07, 6.45) is 11.0. The normalized spacial score (nSPS) is 27.4. The highest BCUT2D eigenvalue weighted by molar-refractivity contribution is 6.45. The van der Waals surface area contributed by atoms with E-state index in [0.29, 0.717) is 25.2 Å². The van der Waals surface area contributed by atoms with Crippen LogP contribution in [0, 0.1) is 5.92 Å². The van der Waals surface area contributed by atoms with Gasteiger partial charge in [-0.15, -0.1) is 0 Å². The molecule has 1 saturated carbocycles. The Balaban J connectivity index is 1.78. The summed E-state index contributed by atoms with van der Waals surface area (Å²) in [7, 11) is -1.02. The molecule has 0 aromatic rings. The van der Waals surface area contributed by atoms with Crippen LogP contribution in [0.1, 0.15) is 51.4 Å². The molecule has 1 heterocycles. The average molecular weight is 295 g/mol. The van der Waals surface area contributed by atoms with Gasteiger partial charge in [0.25, 0.3) is 0 Å². The third kappa shape index (κ3) is 5.45. The van der Waals surface area contributed by atoms with Crippen molar-refractivity contribution in [1.29, 1.82) is 0 Å². The largest absolute Gasteiger partial charge is 0.478 e. The van der Waals surface area contributed by atoms with Gasteiger partial charge < -0.3 is 20.1 Å². The number of aliphatic hydroxyl groups excluding tert-OH is 1. The number of nitrogens with one attached hydrogen (secondary N) is 1. The van der Waals surface area contributed by atoms with E-state index in [1.807, 2.05) is 12.2 Å². The highest BCUT2D eigenvalue weighted by Crippen LogP contribution is 2.26. The zero-order valence-electron chi connectivity index (χ0n) is 12.5. The number of hydrogen-bond acceptors (Lipinski definition) is 4. The van der Waals surface area contributed by atoms with Gasteiger partial charge in [0, 0.05) is 13.0 Å². The van der Waals surface area contributed by atoms with Crippen LogP contribution < -0.4 is 5.32 Å². The van der Waals surface area contributed by atoms with E-state index in [0.717, 1.165) is 12.8 Å². The molecule has 0 spiro atoms. The standard InChI is InChI=1S/C15H26BNO4/c18-10-9-13-7-4-8-14(16(20)21-13)17-15(19)11-12-5-2-1-3-6-12/h4,7,12-14,18,20H,1-3,5-6,8-11H2,(H,17,19). The van der Waals surface area contributed by atoms with E-state index in [2.05, 4.69) is 5.32 Å². The van der Waals surface area contributed by atoms with Crippen molar-refractivity contribution in [2.45, 2.75) is 63.4 Å². The minimum absolute atomic E-state index is 0.00329. The molecule has 0 saturated heterocycles. The lowest BCUT2D eigenvalue weighted by Crippen LogP contribution is -2.48. The minimum Gasteiger partial charge on any atom is -0.426 e. The fourth-order valence-corrected chi connectivity index (χ4v) is 3.15. The number of amides is 1. The lowest BCUT2D eigenvalue weighted by atomic mass is 9.76. The summed E-state index contributed by atoms with van der Waals surface area (Å²) >= 11 is 0. The van der Waals surface area contributed by atoms with Crippen molar-refractivity contribution in [3.05, 3.63) is 12.2 Å². The van der Waals surface area contributed by atoms with Gasteiger partial charge >= 0.3 is 7.12 Å². The Morgan fingerprint density at radius 3 is 2.81 bits per heavy atom. The molecule has 2 aliphatic rings. The van der Waals surface area contributed by atoms with Crippen LogP contribution in [0.5, 0.6) is 0 Å². The van der Waals surface area contributed by atoms with Gasteiger partial charge in [0.15, 0.2) is 0 Å². The lowest BCUT2D eigenvalue weighted by molar-refractivity contribution is -0.122. The van der Waals surface area contributed by atoms with Crippen LogP contribution in [0.3, 0.4) is 0 Å². The molecule has 0 bridgehead atoms. The van der Waals surface area contributed by atoms with Crippen LogP contribution in [0.15, 0.2) is 12.2 Å². The first kappa shape index (κ1) is 16.5. The van der Waals surface area contributed by atoms with Gasteiger partial charge in [0.2, 0.25) is 5.91 Å². The molecule has 0 radical (unpaired) electrons. The maximum Gasteiger partial charge on any atom is 0.478 e. The fourth-order valence-electron chi connectivity index (χ4n) is 3.15. The molecule has 5 nitrogen and oxygen atoms in total. The Kier molecular flexibility index (Phi) is 6.74. The van der Waals surface area contributed by atoms with Gasteiger partial charge in [0.1, 0.15) is 0 Å². The van der Waals surface area contributed by atoms with Crippen molar-refractivity contribution in [2.24, 2.45) is 5.92 Å². The molecule has 1 amide bonds. The minimum atomic E-state index is -1.02. The Labute approximate surface area is 126 Å². The molecule has 2 unspecified atom stereocenters. The number of carbonyl (C=O) groups excluding carboxylic acids is 1. The molecule has 1 aliphatic carbocycles. The second-order valence-electron chi connectivity index (χ2n) is 6.12. The summed E-state index contributed by atoms with van der Waals surface area (Å²) < 4.78 is 5.45. The molecule has 2 rings (SSSR count).